The van der Waals surface area contributed by atoms with Crippen LogP contribution in [0.2, 0.25) is 0 Å². The van der Waals surface area contributed by atoms with Crippen molar-refractivity contribution in [1.29, 1.82) is 0 Å². The Bertz CT molecular complexity index is 639. The molecule has 0 aliphatic heterocycles. The number of nitrogens with one attached hydrogen (secondary N) is 1. The molecule has 0 aliphatic carbocycles. The van der Waals surface area contributed by atoms with E-state index in [9.17, 15) is 0 Å². The van der Waals surface area contributed by atoms with Gasteiger partial charge in [-0.1, -0.05) is 25.1 Å². The molecule has 0 amide bonds. The largest absolute Gasteiger partial charge is 0.332 e. The molecule has 0 saturated carbocycles. The lowest BCUT2D eigenvalue weighted by molar-refractivity contribution is 0.418. The summed E-state index contributed by atoms with van der Waals surface area (Å²) >= 11 is 1.66. The number of hydrogen-bond acceptors (Lipinski definition) is 5. The zero-order chi connectivity index (χ0) is 12.5. The van der Waals surface area contributed by atoms with Gasteiger partial charge in [-0.15, -0.1) is 11.3 Å². The first-order valence-corrected chi connectivity index (χ1v) is 6.55. The number of aromatic nitrogens is 4. The molecule has 5 nitrogen and oxygen atoms in total. The van der Waals surface area contributed by atoms with Crippen LogP contribution in [0.25, 0.3) is 22.2 Å². The number of nitrogens with zero attached hydrogens (tertiary/aromatic N) is 3. The molecule has 3 aromatic rings. The van der Waals surface area contributed by atoms with Crippen LogP contribution in [0, 0.1) is 0 Å². The van der Waals surface area contributed by atoms with Crippen molar-refractivity contribution in [2.24, 2.45) is 0 Å². The minimum absolute atomic E-state index is 0.248. The van der Waals surface area contributed by atoms with Crippen molar-refractivity contribution < 1.29 is 4.52 Å². The Morgan fingerprint density at radius 1 is 1.39 bits per heavy atom. The Morgan fingerprint density at radius 3 is 2.94 bits per heavy atom. The number of rotatable bonds is 3. The van der Waals surface area contributed by atoms with Gasteiger partial charge in [-0.25, -0.2) is 0 Å². The van der Waals surface area contributed by atoms with E-state index in [0.29, 0.717) is 17.4 Å². The molecule has 0 atom stereocenters. The van der Waals surface area contributed by atoms with Crippen LogP contribution in [0.15, 0.2) is 28.1 Å². The Hall–Kier alpha value is -1.95. The van der Waals surface area contributed by atoms with Crippen LogP contribution in [0.4, 0.5) is 0 Å². The van der Waals surface area contributed by atoms with Crippen molar-refractivity contribution >= 4 is 11.3 Å². The summed E-state index contributed by atoms with van der Waals surface area (Å²) in [5, 5.41) is 13.1. The summed E-state index contributed by atoms with van der Waals surface area (Å²) in [6, 6.07) is 5.96. The summed E-state index contributed by atoms with van der Waals surface area (Å²) in [6.45, 7) is 4.05. The quantitative estimate of drug-likeness (QED) is 0.784. The van der Waals surface area contributed by atoms with E-state index in [1.165, 1.54) is 0 Å². The van der Waals surface area contributed by atoms with Crippen molar-refractivity contribution in [1.82, 2.24) is 20.3 Å². The van der Waals surface area contributed by atoms with Crippen LogP contribution in [0.1, 0.15) is 25.6 Å². The number of aromatic amines is 1. The van der Waals surface area contributed by atoms with E-state index in [0.717, 1.165) is 10.6 Å². The second-order valence-electron chi connectivity index (χ2n) is 4.26. The molecule has 0 radical (unpaired) electrons. The van der Waals surface area contributed by atoms with Gasteiger partial charge in [0.25, 0.3) is 5.89 Å². The molecule has 0 spiro atoms. The molecule has 0 aromatic carbocycles. The number of H-pyrrole nitrogens is 1. The van der Waals surface area contributed by atoms with E-state index in [4.69, 9.17) is 4.52 Å². The highest BCUT2D eigenvalue weighted by Gasteiger charge is 2.14. The van der Waals surface area contributed by atoms with Crippen LogP contribution >= 0.6 is 11.3 Å². The van der Waals surface area contributed by atoms with Crippen LogP contribution in [0.5, 0.6) is 0 Å². The molecule has 3 heterocycles. The van der Waals surface area contributed by atoms with Gasteiger partial charge in [0.1, 0.15) is 0 Å². The molecule has 0 unspecified atom stereocenters. The Kier molecular flexibility index (Phi) is 2.71. The summed E-state index contributed by atoms with van der Waals surface area (Å²) in [6.07, 6.45) is 0. The molecule has 18 heavy (non-hydrogen) atoms. The van der Waals surface area contributed by atoms with E-state index >= 15 is 0 Å². The summed E-state index contributed by atoms with van der Waals surface area (Å²) < 4.78 is 5.20. The van der Waals surface area contributed by atoms with E-state index < -0.39 is 0 Å². The standard InChI is InChI=1S/C12H12N4OS/c1-7(2)11-13-12(17-16-11)9-6-8(14-15-9)10-4-3-5-18-10/h3-7H,1-2H3,(H,14,15). The van der Waals surface area contributed by atoms with E-state index in [1.54, 1.807) is 11.3 Å². The fourth-order valence-electron chi connectivity index (χ4n) is 1.56. The lowest BCUT2D eigenvalue weighted by Gasteiger charge is -1.91. The fourth-order valence-corrected chi connectivity index (χ4v) is 2.26. The first-order chi connectivity index (χ1) is 8.74. The van der Waals surface area contributed by atoms with Crippen molar-refractivity contribution in [3.05, 3.63) is 29.4 Å². The zero-order valence-corrected chi connectivity index (χ0v) is 10.9. The van der Waals surface area contributed by atoms with Crippen molar-refractivity contribution in [2.75, 3.05) is 0 Å². The minimum atomic E-state index is 0.248. The third kappa shape index (κ3) is 1.95. The Morgan fingerprint density at radius 2 is 2.28 bits per heavy atom. The van der Waals surface area contributed by atoms with Crippen LogP contribution in [-0.4, -0.2) is 20.3 Å². The average Bonchev–Trinajstić information content (AvgIpc) is 3.10. The molecular weight excluding hydrogens is 248 g/mol. The number of hydrogen-bond donors (Lipinski definition) is 1. The van der Waals surface area contributed by atoms with Gasteiger partial charge in [-0.05, 0) is 17.5 Å². The van der Waals surface area contributed by atoms with Crippen molar-refractivity contribution in [2.45, 2.75) is 19.8 Å². The van der Waals surface area contributed by atoms with Gasteiger partial charge >= 0.3 is 0 Å². The highest BCUT2D eigenvalue weighted by molar-refractivity contribution is 7.13. The first kappa shape index (κ1) is 11.2. The van der Waals surface area contributed by atoms with Crippen molar-refractivity contribution in [3.63, 3.8) is 0 Å². The average molecular weight is 260 g/mol. The predicted molar refractivity (Wildman–Crippen MR) is 69.3 cm³/mol. The smallest absolute Gasteiger partial charge is 0.278 e. The predicted octanol–water partition coefficient (Wildman–Crippen LogP) is 3.31. The van der Waals surface area contributed by atoms with Gasteiger partial charge in [0.2, 0.25) is 0 Å². The molecule has 6 heteroatoms. The lowest BCUT2D eigenvalue weighted by Crippen LogP contribution is -1.89. The highest BCUT2D eigenvalue weighted by Crippen LogP contribution is 2.26. The Labute approximate surface area is 108 Å². The number of thiophene rings is 1. The Balaban J connectivity index is 1.93. The molecule has 0 fully saturated rings. The minimum Gasteiger partial charge on any atom is -0.332 e. The lowest BCUT2D eigenvalue weighted by atomic mass is 10.2. The molecule has 3 rings (SSSR count). The molecule has 0 saturated heterocycles. The van der Waals surface area contributed by atoms with Gasteiger partial charge < -0.3 is 4.52 Å². The SMILES string of the molecule is CC(C)c1noc(-c2cc(-c3cccs3)[nH]n2)n1. The molecule has 92 valence electrons. The third-order valence-corrected chi connectivity index (χ3v) is 3.44. The third-order valence-electron chi connectivity index (χ3n) is 2.54. The maximum absolute atomic E-state index is 5.20. The molecule has 0 aliphatic rings. The monoisotopic (exact) mass is 260 g/mol. The van der Waals surface area contributed by atoms with Crippen LogP contribution < -0.4 is 0 Å². The zero-order valence-electron chi connectivity index (χ0n) is 10.0. The normalized spacial score (nSPS) is 11.3. The molecule has 0 bridgehead atoms. The fraction of sp³-hybridized carbons (Fsp3) is 0.250. The van der Waals surface area contributed by atoms with E-state index in [1.807, 2.05) is 37.4 Å². The first-order valence-electron chi connectivity index (χ1n) is 5.67. The molecule has 3 aromatic heterocycles. The summed E-state index contributed by atoms with van der Waals surface area (Å²) in [4.78, 5) is 5.45. The van der Waals surface area contributed by atoms with Crippen molar-refractivity contribution in [3.8, 4) is 22.2 Å². The summed E-state index contributed by atoms with van der Waals surface area (Å²) in [7, 11) is 0. The van der Waals surface area contributed by atoms with E-state index in [-0.39, 0.29) is 5.92 Å². The highest BCUT2D eigenvalue weighted by atomic mass is 32.1. The van der Waals surface area contributed by atoms with Gasteiger partial charge in [-0.2, -0.15) is 10.1 Å². The second-order valence-corrected chi connectivity index (χ2v) is 5.20. The summed E-state index contributed by atoms with van der Waals surface area (Å²) in [5.74, 6) is 1.40. The van der Waals surface area contributed by atoms with Gasteiger partial charge in [0.05, 0.1) is 10.6 Å². The maximum atomic E-state index is 5.20. The van der Waals surface area contributed by atoms with Gasteiger partial charge in [0, 0.05) is 5.92 Å². The second kappa shape index (κ2) is 4.38. The summed E-state index contributed by atoms with van der Waals surface area (Å²) in [5.41, 5.74) is 1.64. The van der Waals surface area contributed by atoms with Gasteiger partial charge in [-0.3, -0.25) is 5.10 Å². The molecule has 1 N–H and O–H groups in total. The van der Waals surface area contributed by atoms with Gasteiger partial charge in [0.15, 0.2) is 11.5 Å². The van der Waals surface area contributed by atoms with Crippen LogP contribution in [-0.2, 0) is 0 Å². The molecular formula is C12H12N4OS. The maximum Gasteiger partial charge on any atom is 0.278 e. The van der Waals surface area contributed by atoms with E-state index in [2.05, 4.69) is 20.3 Å². The topological polar surface area (TPSA) is 67.6 Å². The van der Waals surface area contributed by atoms with Crippen LogP contribution in [0.3, 0.4) is 0 Å².